The number of aromatic nitrogens is 4. The number of carbonyl (C=O) groups excluding carboxylic acids is 2. The first-order chi connectivity index (χ1) is 13.8. The molecule has 0 unspecified atom stereocenters. The fourth-order valence-electron chi connectivity index (χ4n) is 2.14. The Morgan fingerprint density at radius 2 is 1.69 bits per heavy atom. The number of nitrogens with zero attached hydrogens (tertiary/aromatic N) is 4. The van der Waals surface area contributed by atoms with Gasteiger partial charge in [0.15, 0.2) is 11.4 Å². The van der Waals surface area contributed by atoms with Gasteiger partial charge in [-0.2, -0.15) is 9.50 Å². The van der Waals surface area contributed by atoms with Crippen molar-refractivity contribution in [1.29, 1.82) is 0 Å². The Bertz CT molecular complexity index is 1050. The summed E-state index contributed by atoms with van der Waals surface area (Å²) in [5, 5.41) is 12.5. The molecule has 0 atom stereocenters. The third-order valence-electron chi connectivity index (χ3n) is 3.55. The molecule has 2 heterocycles. The average molecular weight is 402 g/mol. The van der Waals surface area contributed by atoms with Crippen LogP contribution < -0.4 is 11.5 Å². The maximum Gasteiger partial charge on any atom is 0.356 e. The molecule has 1 aromatic carbocycles. The Kier molecular flexibility index (Phi) is 6.76. The smallest absolute Gasteiger partial charge is 0.356 e. The molecule has 0 saturated heterocycles. The van der Waals surface area contributed by atoms with Crippen molar-refractivity contribution >= 4 is 29.6 Å². The number of rotatable bonds is 4. The van der Waals surface area contributed by atoms with Crippen molar-refractivity contribution in [2.75, 3.05) is 20.0 Å². The third-order valence-corrected chi connectivity index (χ3v) is 3.55. The second kappa shape index (κ2) is 9.23. The fraction of sp³-hybridized carbons (Fsp3) is 0.176. The molecule has 3 rings (SSSR count). The van der Waals surface area contributed by atoms with Gasteiger partial charge in [-0.1, -0.05) is 12.1 Å². The van der Waals surface area contributed by atoms with Crippen molar-refractivity contribution in [2.24, 2.45) is 5.73 Å². The van der Waals surface area contributed by atoms with Gasteiger partial charge in [0.05, 0.1) is 19.8 Å². The Morgan fingerprint density at radius 1 is 1.07 bits per heavy atom. The molecule has 0 saturated carbocycles. The number of nitrogens with two attached hydrogens (primary N) is 2. The molecule has 0 fully saturated rings. The fourth-order valence-corrected chi connectivity index (χ4v) is 2.14. The van der Waals surface area contributed by atoms with Crippen LogP contribution in [0.3, 0.4) is 0 Å². The van der Waals surface area contributed by atoms with Crippen LogP contribution in [0.4, 0.5) is 5.95 Å². The van der Waals surface area contributed by atoms with E-state index < -0.39 is 11.9 Å². The number of nitrogen functional groups attached to an aromatic ring is 1. The summed E-state index contributed by atoms with van der Waals surface area (Å²) in [5.74, 6) is -2.57. The molecule has 0 spiro atoms. The van der Waals surface area contributed by atoms with E-state index in [1.807, 2.05) is 12.1 Å². The number of benzene rings is 1. The zero-order valence-electron chi connectivity index (χ0n) is 15.5. The number of carbonyl (C=O) groups is 3. The minimum Gasteiger partial charge on any atom is -0.477 e. The number of fused-ring (bicyclic) bond motifs is 1. The van der Waals surface area contributed by atoms with Gasteiger partial charge in [-0.05, 0) is 17.7 Å². The van der Waals surface area contributed by atoms with Gasteiger partial charge >= 0.3 is 17.9 Å². The Labute approximate surface area is 164 Å². The van der Waals surface area contributed by atoms with Gasteiger partial charge < -0.3 is 26.0 Å². The van der Waals surface area contributed by atoms with Crippen molar-refractivity contribution in [2.45, 2.75) is 6.54 Å². The van der Waals surface area contributed by atoms with E-state index in [1.54, 1.807) is 12.1 Å². The van der Waals surface area contributed by atoms with E-state index in [4.69, 9.17) is 16.6 Å². The van der Waals surface area contributed by atoms with Crippen LogP contribution in [0.25, 0.3) is 5.78 Å². The first kappa shape index (κ1) is 21.2. The van der Waals surface area contributed by atoms with Crippen LogP contribution in [0, 0.1) is 0 Å². The summed E-state index contributed by atoms with van der Waals surface area (Å²) in [6, 6.07) is 8.07. The van der Waals surface area contributed by atoms with E-state index in [0.717, 1.165) is 23.3 Å². The second-order valence-corrected chi connectivity index (χ2v) is 5.40. The number of aromatic carboxylic acids is 1. The lowest BCUT2D eigenvalue weighted by Crippen LogP contribution is -2.13. The quantitative estimate of drug-likeness (QED) is 0.503. The standard InChI is InChI=1S/C9H11NO2.C8H7N5O4/c1-12-9(11)8-4-2-7(6-10)3-5-8;1-17-6(16)4-2-3(5(14)15)10-8-11-7(9)12-13(4)8/h2-5H,6,10H2,1H3;2H,1H3,(H2,9,12)(H,14,15). The molecule has 0 aliphatic carbocycles. The van der Waals surface area contributed by atoms with E-state index in [2.05, 4.69) is 24.5 Å². The van der Waals surface area contributed by atoms with Crippen molar-refractivity contribution in [1.82, 2.24) is 19.6 Å². The minimum absolute atomic E-state index is 0.0807. The lowest BCUT2D eigenvalue weighted by molar-refractivity contribution is 0.0585. The number of hydrogen-bond donors (Lipinski definition) is 3. The van der Waals surface area contributed by atoms with E-state index in [0.29, 0.717) is 12.1 Å². The number of hydrogen-bond acceptors (Lipinski definition) is 10. The largest absolute Gasteiger partial charge is 0.477 e. The highest BCUT2D eigenvalue weighted by Gasteiger charge is 2.19. The predicted molar refractivity (Wildman–Crippen MR) is 99.2 cm³/mol. The molecule has 0 amide bonds. The Balaban J connectivity index is 0.000000221. The van der Waals surface area contributed by atoms with E-state index in [-0.39, 0.29) is 29.1 Å². The molecular formula is C17H18N6O6. The van der Waals surface area contributed by atoms with E-state index >= 15 is 0 Å². The normalized spacial score (nSPS) is 10.0. The number of anilines is 1. The molecule has 12 nitrogen and oxygen atoms in total. The molecule has 0 aliphatic heterocycles. The topological polar surface area (TPSA) is 185 Å². The molecule has 5 N–H and O–H groups in total. The van der Waals surface area contributed by atoms with Gasteiger partial charge in [-0.3, -0.25) is 0 Å². The number of methoxy groups -OCH3 is 2. The van der Waals surface area contributed by atoms with Gasteiger partial charge in [-0.25, -0.2) is 19.4 Å². The minimum atomic E-state index is -1.29. The van der Waals surface area contributed by atoms with Crippen LogP contribution in [0.1, 0.15) is 36.9 Å². The zero-order valence-corrected chi connectivity index (χ0v) is 15.5. The summed E-state index contributed by atoms with van der Waals surface area (Å²) in [7, 11) is 2.52. The summed E-state index contributed by atoms with van der Waals surface area (Å²) >= 11 is 0. The van der Waals surface area contributed by atoms with Crippen molar-refractivity contribution < 1.29 is 29.0 Å². The number of esters is 2. The Morgan fingerprint density at radius 3 is 2.21 bits per heavy atom. The van der Waals surface area contributed by atoms with Crippen LogP contribution in [-0.2, 0) is 16.0 Å². The molecule has 0 bridgehead atoms. The summed E-state index contributed by atoms with van der Waals surface area (Å²) in [6.07, 6.45) is 0. The van der Waals surface area contributed by atoms with Crippen LogP contribution in [0.5, 0.6) is 0 Å². The first-order valence-electron chi connectivity index (χ1n) is 8.03. The van der Waals surface area contributed by atoms with Crippen LogP contribution in [0.15, 0.2) is 30.3 Å². The van der Waals surface area contributed by atoms with Gasteiger partial charge in [-0.15, -0.1) is 5.10 Å². The summed E-state index contributed by atoms with van der Waals surface area (Å²) in [4.78, 5) is 40.6. The monoisotopic (exact) mass is 402 g/mol. The third kappa shape index (κ3) is 5.01. The van der Waals surface area contributed by atoms with Crippen LogP contribution in [-0.4, -0.2) is 56.8 Å². The number of carboxylic acids is 1. The van der Waals surface area contributed by atoms with Crippen LogP contribution >= 0.6 is 0 Å². The molecular weight excluding hydrogens is 384 g/mol. The number of ether oxygens (including phenoxy) is 2. The van der Waals surface area contributed by atoms with E-state index in [1.165, 1.54) is 7.11 Å². The van der Waals surface area contributed by atoms with E-state index in [9.17, 15) is 14.4 Å². The van der Waals surface area contributed by atoms with Crippen LogP contribution in [0.2, 0.25) is 0 Å². The van der Waals surface area contributed by atoms with Crippen molar-refractivity contribution in [3.63, 3.8) is 0 Å². The molecule has 0 radical (unpaired) electrons. The van der Waals surface area contributed by atoms with Crippen molar-refractivity contribution in [3.05, 3.63) is 52.8 Å². The average Bonchev–Trinajstić information content (AvgIpc) is 3.12. The Hall–Kier alpha value is -4.06. The lowest BCUT2D eigenvalue weighted by Gasteiger charge is -2.02. The van der Waals surface area contributed by atoms with Gasteiger partial charge in [0, 0.05) is 12.6 Å². The van der Waals surface area contributed by atoms with Crippen molar-refractivity contribution in [3.8, 4) is 0 Å². The first-order valence-corrected chi connectivity index (χ1v) is 8.03. The molecule has 12 heteroatoms. The lowest BCUT2D eigenvalue weighted by atomic mass is 10.1. The molecule has 29 heavy (non-hydrogen) atoms. The molecule has 0 aliphatic rings. The maximum atomic E-state index is 11.4. The highest BCUT2D eigenvalue weighted by molar-refractivity contribution is 5.92. The summed E-state index contributed by atoms with van der Waals surface area (Å²) in [6.45, 7) is 0.488. The summed E-state index contributed by atoms with van der Waals surface area (Å²) in [5.41, 5.74) is 11.8. The van der Waals surface area contributed by atoms with Gasteiger partial charge in [0.2, 0.25) is 5.95 Å². The molecule has 2 aromatic heterocycles. The summed E-state index contributed by atoms with van der Waals surface area (Å²) < 4.78 is 10.1. The number of carboxylic acid groups (broad SMARTS) is 1. The van der Waals surface area contributed by atoms with Gasteiger partial charge in [0.25, 0.3) is 5.78 Å². The SMILES string of the molecule is COC(=O)c1cc(C(=O)O)nc2nc(N)nn12.COC(=O)c1ccc(CN)cc1. The van der Waals surface area contributed by atoms with Gasteiger partial charge in [0.1, 0.15) is 0 Å². The molecule has 152 valence electrons. The molecule has 3 aromatic rings. The maximum absolute atomic E-state index is 11.4. The zero-order chi connectivity index (χ0) is 21.6. The second-order valence-electron chi connectivity index (χ2n) is 5.40. The highest BCUT2D eigenvalue weighted by Crippen LogP contribution is 2.09. The predicted octanol–water partition coefficient (Wildman–Crippen LogP) is 0.123. The highest BCUT2D eigenvalue weighted by atomic mass is 16.5.